The van der Waals surface area contributed by atoms with Crippen molar-refractivity contribution in [2.45, 2.75) is 32.0 Å². The van der Waals surface area contributed by atoms with Crippen LogP contribution in [0.15, 0.2) is 36.4 Å². The Hall–Kier alpha value is -2.35. The fraction of sp³-hybridized carbons (Fsp3) is 0.364. The van der Waals surface area contributed by atoms with Gasteiger partial charge in [0.2, 0.25) is 6.10 Å². The summed E-state index contributed by atoms with van der Waals surface area (Å²) in [6, 6.07) is 11.1. The van der Waals surface area contributed by atoms with Gasteiger partial charge in [-0.15, -0.1) is 0 Å². The van der Waals surface area contributed by atoms with Crippen LogP contribution in [0, 0.1) is 6.92 Å². The number of aromatic nitrogens is 1. The van der Waals surface area contributed by atoms with Gasteiger partial charge in [-0.2, -0.15) is 0 Å². The number of para-hydroxylation sites is 2. The fourth-order valence-corrected chi connectivity index (χ4v) is 5.26. The Morgan fingerprint density at radius 2 is 2.13 bits per heavy atom. The summed E-state index contributed by atoms with van der Waals surface area (Å²) in [5.41, 5.74) is 1.84. The summed E-state index contributed by atoms with van der Waals surface area (Å²) in [5, 5.41) is 1.28. The normalized spacial score (nSPS) is 20.5. The second kappa shape index (κ2) is 8.06. The first-order valence-electron chi connectivity index (χ1n) is 9.96. The molecule has 2 aliphatic rings. The van der Waals surface area contributed by atoms with E-state index in [0.29, 0.717) is 28.2 Å². The lowest BCUT2D eigenvalue weighted by atomic mass is 10.2. The van der Waals surface area contributed by atoms with E-state index in [1.54, 1.807) is 4.90 Å². The molecule has 30 heavy (non-hydrogen) atoms. The minimum Gasteiger partial charge on any atom is -0.485 e. The third-order valence-corrected chi connectivity index (χ3v) is 6.57. The standard InChI is InChI=1S/C22H21ClN2O4S/c1-13-9-14(23)10-19-20(13)24-22(30-19)25(11-15-5-4-8-27-15)21(26)18-12-28-16-6-2-3-7-17(16)29-18/h2-3,6-7,9-10,15,18H,4-5,8,11-12H2,1H3. The van der Waals surface area contributed by atoms with Crippen LogP contribution in [0.1, 0.15) is 18.4 Å². The van der Waals surface area contributed by atoms with Crippen molar-refractivity contribution >= 4 is 44.2 Å². The molecule has 1 fully saturated rings. The van der Waals surface area contributed by atoms with Gasteiger partial charge in [0.25, 0.3) is 5.91 Å². The molecular weight excluding hydrogens is 424 g/mol. The molecule has 8 heteroatoms. The van der Waals surface area contributed by atoms with Crippen molar-refractivity contribution in [1.82, 2.24) is 4.98 Å². The summed E-state index contributed by atoms with van der Waals surface area (Å²) >= 11 is 7.68. The van der Waals surface area contributed by atoms with Crippen LogP contribution in [0.5, 0.6) is 11.5 Å². The Morgan fingerprint density at radius 3 is 2.93 bits per heavy atom. The molecule has 1 saturated heterocycles. The average Bonchev–Trinajstić information content (AvgIpc) is 3.41. The molecule has 0 radical (unpaired) electrons. The predicted molar refractivity (Wildman–Crippen MR) is 117 cm³/mol. The number of benzene rings is 2. The Balaban J connectivity index is 1.47. The van der Waals surface area contributed by atoms with Crippen molar-refractivity contribution in [1.29, 1.82) is 0 Å². The van der Waals surface area contributed by atoms with E-state index < -0.39 is 6.10 Å². The number of aryl methyl sites for hydroxylation is 1. The van der Waals surface area contributed by atoms with Crippen LogP contribution < -0.4 is 14.4 Å². The van der Waals surface area contributed by atoms with E-state index in [1.807, 2.05) is 43.3 Å². The Bertz CT molecular complexity index is 1100. The van der Waals surface area contributed by atoms with Crippen molar-refractivity contribution in [2.24, 2.45) is 0 Å². The number of halogens is 1. The number of carbonyl (C=O) groups excluding carboxylic acids is 1. The highest BCUT2D eigenvalue weighted by molar-refractivity contribution is 7.22. The van der Waals surface area contributed by atoms with Gasteiger partial charge >= 0.3 is 0 Å². The number of fused-ring (bicyclic) bond motifs is 2. The Kier molecular flexibility index (Phi) is 5.26. The van der Waals surface area contributed by atoms with E-state index in [2.05, 4.69) is 0 Å². The summed E-state index contributed by atoms with van der Waals surface area (Å²) in [6.07, 6.45) is 1.17. The number of hydrogen-bond acceptors (Lipinski definition) is 6. The number of rotatable bonds is 4. The zero-order valence-electron chi connectivity index (χ0n) is 16.5. The number of ether oxygens (including phenoxy) is 3. The number of thiazole rings is 1. The summed E-state index contributed by atoms with van der Waals surface area (Å²) in [5.74, 6) is 1.05. The molecular formula is C22H21ClN2O4S. The van der Waals surface area contributed by atoms with Crippen molar-refractivity contribution in [3.05, 3.63) is 47.0 Å². The molecule has 0 saturated carbocycles. The molecule has 156 valence electrons. The van der Waals surface area contributed by atoms with Gasteiger partial charge in [-0.1, -0.05) is 35.1 Å². The van der Waals surface area contributed by atoms with E-state index in [1.165, 1.54) is 11.3 Å². The second-order valence-electron chi connectivity index (χ2n) is 7.51. The molecule has 2 atom stereocenters. The second-order valence-corrected chi connectivity index (χ2v) is 8.96. The third kappa shape index (κ3) is 3.73. The minimum absolute atomic E-state index is 0.0116. The highest BCUT2D eigenvalue weighted by Gasteiger charge is 2.35. The molecule has 2 aliphatic heterocycles. The molecule has 1 amide bonds. The number of amides is 1. The van der Waals surface area contributed by atoms with Gasteiger partial charge in [-0.3, -0.25) is 9.69 Å². The maximum absolute atomic E-state index is 13.5. The SMILES string of the molecule is Cc1cc(Cl)cc2sc(N(CC3CCCO3)C(=O)C3COc4ccccc4O3)nc12. The summed E-state index contributed by atoms with van der Waals surface area (Å²) in [4.78, 5) is 20.0. The first kappa shape index (κ1) is 19.6. The van der Waals surface area contributed by atoms with Gasteiger partial charge in [0.15, 0.2) is 16.6 Å². The molecule has 0 aliphatic carbocycles. The van der Waals surface area contributed by atoms with Crippen LogP contribution in [0.2, 0.25) is 5.02 Å². The Labute approximate surface area is 183 Å². The lowest BCUT2D eigenvalue weighted by Crippen LogP contribution is -2.48. The molecule has 6 nitrogen and oxygen atoms in total. The molecule has 1 aromatic heterocycles. The third-order valence-electron chi connectivity index (χ3n) is 5.33. The van der Waals surface area contributed by atoms with E-state index >= 15 is 0 Å². The maximum atomic E-state index is 13.5. The topological polar surface area (TPSA) is 60.9 Å². The van der Waals surface area contributed by atoms with Crippen LogP contribution in [-0.4, -0.2) is 42.9 Å². The van der Waals surface area contributed by atoms with Gasteiger partial charge in [-0.25, -0.2) is 4.98 Å². The quantitative estimate of drug-likeness (QED) is 0.588. The van der Waals surface area contributed by atoms with Gasteiger partial charge < -0.3 is 14.2 Å². The van der Waals surface area contributed by atoms with E-state index in [9.17, 15) is 4.79 Å². The van der Waals surface area contributed by atoms with E-state index in [-0.39, 0.29) is 18.6 Å². The number of hydrogen-bond donors (Lipinski definition) is 0. The van der Waals surface area contributed by atoms with Crippen LogP contribution >= 0.6 is 22.9 Å². The van der Waals surface area contributed by atoms with Gasteiger partial charge in [0.1, 0.15) is 6.61 Å². The largest absolute Gasteiger partial charge is 0.485 e. The molecule has 0 spiro atoms. The lowest BCUT2D eigenvalue weighted by molar-refractivity contribution is -0.128. The van der Waals surface area contributed by atoms with Crippen LogP contribution in [-0.2, 0) is 9.53 Å². The first-order valence-corrected chi connectivity index (χ1v) is 11.2. The molecule has 2 aromatic carbocycles. The predicted octanol–water partition coefficient (Wildman–Crippen LogP) is 4.61. The molecule has 3 aromatic rings. The highest BCUT2D eigenvalue weighted by Crippen LogP contribution is 2.36. The van der Waals surface area contributed by atoms with E-state index in [0.717, 1.165) is 35.2 Å². The minimum atomic E-state index is -0.738. The maximum Gasteiger partial charge on any atom is 0.273 e. The molecule has 0 bridgehead atoms. The number of carbonyl (C=O) groups is 1. The van der Waals surface area contributed by atoms with Gasteiger partial charge in [0.05, 0.1) is 22.9 Å². The smallest absolute Gasteiger partial charge is 0.273 e. The van der Waals surface area contributed by atoms with Crippen molar-refractivity contribution in [2.75, 3.05) is 24.7 Å². The first-order chi connectivity index (χ1) is 14.6. The van der Waals surface area contributed by atoms with Crippen LogP contribution in [0.3, 0.4) is 0 Å². The highest BCUT2D eigenvalue weighted by atomic mass is 35.5. The lowest BCUT2D eigenvalue weighted by Gasteiger charge is -2.30. The number of nitrogens with zero attached hydrogens (tertiary/aromatic N) is 2. The van der Waals surface area contributed by atoms with Gasteiger partial charge in [-0.05, 0) is 49.6 Å². The van der Waals surface area contributed by atoms with Crippen LogP contribution in [0.25, 0.3) is 10.2 Å². The van der Waals surface area contributed by atoms with Crippen molar-refractivity contribution < 1.29 is 19.0 Å². The average molecular weight is 445 g/mol. The van der Waals surface area contributed by atoms with Crippen LogP contribution in [0.4, 0.5) is 5.13 Å². The summed E-state index contributed by atoms with van der Waals surface area (Å²) in [6.45, 7) is 3.29. The van der Waals surface area contributed by atoms with Gasteiger partial charge in [0, 0.05) is 11.6 Å². The zero-order valence-corrected chi connectivity index (χ0v) is 18.0. The van der Waals surface area contributed by atoms with Crippen molar-refractivity contribution in [3.63, 3.8) is 0 Å². The number of anilines is 1. The monoisotopic (exact) mass is 444 g/mol. The summed E-state index contributed by atoms with van der Waals surface area (Å²) in [7, 11) is 0. The zero-order chi connectivity index (χ0) is 20.7. The van der Waals surface area contributed by atoms with E-state index in [4.69, 9.17) is 30.8 Å². The fourth-order valence-electron chi connectivity index (χ4n) is 3.83. The molecule has 0 N–H and O–H groups in total. The Morgan fingerprint density at radius 1 is 1.30 bits per heavy atom. The molecule has 2 unspecified atom stereocenters. The van der Waals surface area contributed by atoms with Crippen molar-refractivity contribution in [3.8, 4) is 11.5 Å². The molecule has 3 heterocycles. The molecule has 5 rings (SSSR count). The summed E-state index contributed by atoms with van der Waals surface area (Å²) < 4.78 is 18.5.